The van der Waals surface area contributed by atoms with Crippen LogP contribution in [0.4, 0.5) is 0 Å². The van der Waals surface area contributed by atoms with Crippen LogP contribution in [0.1, 0.15) is 18.4 Å². The summed E-state index contributed by atoms with van der Waals surface area (Å²) in [6.45, 7) is 2.53. The second-order valence-electron chi connectivity index (χ2n) is 4.44. The number of pyridine rings is 1. The van der Waals surface area contributed by atoms with Crippen molar-refractivity contribution >= 4 is 0 Å². The lowest BCUT2D eigenvalue weighted by atomic mass is 9.91. The number of hydrogen-bond acceptors (Lipinski definition) is 4. The highest BCUT2D eigenvalue weighted by Gasteiger charge is 2.31. The average Bonchev–Trinajstić information content (AvgIpc) is 2.30. The number of likely N-dealkylation sites (tertiary alicyclic amines) is 1. The number of rotatable bonds is 2. The van der Waals surface area contributed by atoms with Crippen LogP contribution in [0.2, 0.25) is 0 Å². The second kappa shape index (κ2) is 4.60. The Morgan fingerprint density at radius 2 is 2.25 bits per heavy atom. The molecule has 1 aromatic rings. The van der Waals surface area contributed by atoms with E-state index >= 15 is 0 Å². The summed E-state index contributed by atoms with van der Waals surface area (Å²) in [4.78, 5) is 6.23. The summed E-state index contributed by atoms with van der Waals surface area (Å²) in [5.74, 6) is 0. The molecule has 4 heteroatoms. The number of hydrogen-bond donors (Lipinski definition) is 1. The third-order valence-electron chi connectivity index (χ3n) is 2.98. The van der Waals surface area contributed by atoms with Crippen LogP contribution in [0.5, 0.6) is 0 Å². The molecular formula is C12H16N4. The van der Waals surface area contributed by atoms with Gasteiger partial charge in [0.1, 0.15) is 5.54 Å². The van der Waals surface area contributed by atoms with E-state index in [1.807, 2.05) is 12.1 Å². The van der Waals surface area contributed by atoms with E-state index < -0.39 is 5.54 Å². The molecule has 0 bridgehead atoms. The maximum Gasteiger partial charge on any atom is 0.117 e. The molecule has 2 N–H and O–H groups in total. The molecule has 0 aromatic carbocycles. The topological polar surface area (TPSA) is 65.9 Å². The quantitative estimate of drug-likeness (QED) is 0.797. The fraction of sp³-hybridized carbons (Fsp3) is 0.500. The highest BCUT2D eigenvalue weighted by Crippen LogP contribution is 2.19. The minimum atomic E-state index is -0.661. The Kier molecular flexibility index (Phi) is 3.18. The number of aromatic nitrogens is 1. The van der Waals surface area contributed by atoms with Gasteiger partial charge in [-0.25, -0.2) is 0 Å². The van der Waals surface area contributed by atoms with Gasteiger partial charge in [0.15, 0.2) is 0 Å². The van der Waals surface area contributed by atoms with E-state index in [1.54, 1.807) is 12.4 Å². The minimum Gasteiger partial charge on any atom is -0.312 e. The summed E-state index contributed by atoms with van der Waals surface area (Å²) >= 11 is 0. The van der Waals surface area contributed by atoms with Crippen LogP contribution in [0, 0.1) is 11.3 Å². The summed E-state index contributed by atoms with van der Waals surface area (Å²) < 4.78 is 0. The SMILES string of the molecule is N#CC1(N)CCCN(Cc2ccncc2)C1. The number of nitrogens with zero attached hydrogens (tertiary/aromatic N) is 3. The Morgan fingerprint density at radius 1 is 1.50 bits per heavy atom. The summed E-state index contributed by atoms with van der Waals surface area (Å²) in [5.41, 5.74) is 6.55. The Morgan fingerprint density at radius 3 is 2.94 bits per heavy atom. The molecule has 0 aliphatic carbocycles. The lowest BCUT2D eigenvalue weighted by molar-refractivity contribution is 0.172. The third-order valence-corrected chi connectivity index (χ3v) is 2.98. The van der Waals surface area contributed by atoms with Crippen molar-refractivity contribution in [2.45, 2.75) is 24.9 Å². The predicted octanol–water partition coefficient (Wildman–Crippen LogP) is 0.898. The van der Waals surface area contributed by atoms with Gasteiger partial charge in [0.2, 0.25) is 0 Å². The van der Waals surface area contributed by atoms with Crippen LogP contribution in [0.3, 0.4) is 0 Å². The van der Waals surface area contributed by atoms with Gasteiger partial charge in [0.25, 0.3) is 0 Å². The molecule has 16 heavy (non-hydrogen) atoms. The van der Waals surface area contributed by atoms with Crippen molar-refractivity contribution in [1.29, 1.82) is 5.26 Å². The van der Waals surface area contributed by atoms with E-state index in [4.69, 9.17) is 11.0 Å². The molecule has 1 fully saturated rings. The normalized spacial score (nSPS) is 26.2. The molecule has 1 unspecified atom stereocenters. The molecule has 0 saturated carbocycles. The number of nitriles is 1. The number of piperidine rings is 1. The molecule has 1 aromatic heterocycles. The fourth-order valence-corrected chi connectivity index (χ4v) is 2.15. The van der Waals surface area contributed by atoms with Crippen LogP contribution in [-0.2, 0) is 6.54 Å². The summed E-state index contributed by atoms with van der Waals surface area (Å²) in [5, 5.41) is 9.02. The maximum absolute atomic E-state index is 9.02. The number of nitrogens with two attached hydrogens (primary N) is 1. The average molecular weight is 216 g/mol. The Balaban J connectivity index is 1.99. The fourth-order valence-electron chi connectivity index (χ4n) is 2.15. The first kappa shape index (κ1) is 11.1. The highest BCUT2D eigenvalue weighted by atomic mass is 15.2. The van der Waals surface area contributed by atoms with Gasteiger partial charge in [-0.1, -0.05) is 0 Å². The Hall–Kier alpha value is -1.44. The van der Waals surface area contributed by atoms with Gasteiger partial charge in [-0.15, -0.1) is 0 Å². The summed E-state index contributed by atoms with van der Waals surface area (Å²) in [7, 11) is 0. The molecule has 0 spiro atoms. The monoisotopic (exact) mass is 216 g/mol. The van der Waals surface area contributed by atoms with Gasteiger partial charge in [-0.2, -0.15) is 5.26 Å². The maximum atomic E-state index is 9.02. The third kappa shape index (κ3) is 2.57. The molecular weight excluding hydrogens is 200 g/mol. The molecule has 0 radical (unpaired) electrons. The first-order valence-electron chi connectivity index (χ1n) is 5.53. The van der Waals surface area contributed by atoms with Crippen LogP contribution in [0.25, 0.3) is 0 Å². The molecule has 4 nitrogen and oxygen atoms in total. The Labute approximate surface area is 95.7 Å². The van der Waals surface area contributed by atoms with Crippen molar-refractivity contribution < 1.29 is 0 Å². The zero-order chi connectivity index (χ0) is 11.4. The van der Waals surface area contributed by atoms with E-state index in [0.717, 1.165) is 25.9 Å². The molecule has 1 aliphatic heterocycles. The predicted molar refractivity (Wildman–Crippen MR) is 61.3 cm³/mol. The van der Waals surface area contributed by atoms with Crippen molar-refractivity contribution in [1.82, 2.24) is 9.88 Å². The van der Waals surface area contributed by atoms with Gasteiger partial charge in [-0.05, 0) is 37.1 Å². The smallest absolute Gasteiger partial charge is 0.117 e. The van der Waals surface area contributed by atoms with Crippen molar-refractivity contribution in [3.8, 4) is 6.07 Å². The molecule has 84 valence electrons. The van der Waals surface area contributed by atoms with Crippen molar-refractivity contribution in [2.75, 3.05) is 13.1 Å². The van der Waals surface area contributed by atoms with Gasteiger partial charge in [-0.3, -0.25) is 9.88 Å². The van der Waals surface area contributed by atoms with Gasteiger partial charge in [0, 0.05) is 25.5 Å². The first-order chi connectivity index (χ1) is 7.72. The van der Waals surface area contributed by atoms with Crippen LogP contribution >= 0.6 is 0 Å². The van der Waals surface area contributed by atoms with E-state index in [1.165, 1.54) is 5.56 Å². The van der Waals surface area contributed by atoms with Gasteiger partial charge >= 0.3 is 0 Å². The van der Waals surface area contributed by atoms with Gasteiger partial charge in [0.05, 0.1) is 6.07 Å². The molecule has 2 rings (SSSR count). The van der Waals surface area contributed by atoms with E-state index in [0.29, 0.717) is 6.54 Å². The molecule has 0 amide bonds. The lowest BCUT2D eigenvalue weighted by Crippen LogP contribution is -2.52. The lowest BCUT2D eigenvalue weighted by Gasteiger charge is -2.35. The molecule has 2 heterocycles. The van der Waals surface area contributed by atoms with E-state index in [-0.39, 0.29) is 0 Å². The molecule has 1 atom stereocenters. The molecule has 1 saturated heterocycles. The highest BCUT2D eigenvalue weighted by molar-refractivity contribution is 5.12. The van der Waals surface area contributed by atoms with E-state index in [9.17, 15) is 0 Å². The van der Waals surface area contributed by atoms with Crippen LogP contribution < -0.4 is 5.73 Å². The summed E-state index contributed by atoms with van der Waals surface area (Å²) in [6.07, 6.45) is 5.38. The van der Waals surface area contributed by atoms with Crippen molar-refractivity contribution in [2.24, 2.45) is 5.73 Å². The largest absolute Gasteiger partial charge is 0.312 e. The zero-order valence-corrected chi connectivity index (χ0v) is 9.26. The van der Waals surface area contributed by atoms with Crippen LogP contribution in [0.15, 0.2) is 24.5 Å². The zero-order valence-electron chi connectivity index (χ0n) is 9.26. The van der Waals surface area contributed by atoms with Crippen LogP contribution in [-0.4, -0.2) is 28.5 Å². The standard InChI is InChI=1S/C12H16N4/c13-9-12(14)4-1-7-16(10-12)8-11-2-5-15-6-3-11/h2-3,5-6H,1,4,7-8,10,14H2. The first-order valence-corrected chi connectivity index (χ1v) is 5.53. The van der Waals surface area contributed by atoms with E-state index in [2.05, 4.69) is 16.0 Å². The summed E-state index contributed by atoms with van der Waals surface area (Å²) in [6, 6.07) is 6.22. The Bertz CT molecular complexity index is 384. The van der Waals surface area contributed by atoms with Gasteiger partial charge < -0.3 is 5.73 Å². The minimum absolute atomic E-state index is 0.659. The van der Waals surface area contributed by atoms with Crippen molar-refractivity contribution in [3.63, 3.8) is 0 Å². The van der Waals surface area contributed by atoms with Crippen molar-refractivity contribution in [3.05, 3.63) is 30.1 Å². The second-order valence-corrected chi connectivity index (χ2v) is 4.44. The molecule has 1 aliphatic rings.